The number of anilines is 1. The molecule has 6 nitrogen and oxygen atoms in total. The van der Waals surface area contributed by atoms with Crippen molar-refractivity contribution in [3.05, 3.63) is 46.6 Å². The van der Waals surface area contributed by atoms with E-state index in [-0.39, 0.29) is 18.4 Å². The minimum atomic E-state index is -0.291. The molecule has 1 aliphatic heterocycles. The van der Waals surface area contributed by atoms with Gasteiger partial charge in [0.15, 0.2) is 0 Å². The van der Waals surface area contributed by atoms with Crippen molar-refractivity contribution in [3.8, 4) is 0 Å². The zero-order valence-electron chi connectivity index (χ0n) is 10.3. The average Bonchev–Trinajstić information content (AvgIpc) is 2.88. The topological polar surface area (TPSA) is 92.1 Å². The fourth-order valence-electron chi connectivity index (χ4n) is 2.17. The van der Waals surface area contributed by atoms with E-state index in [4.69, 9.17) is 5.73 Å². The number of nitrogens with two attached hydrogens (primary N) is 1. The van der Waals surface area contributed by atoms with Gasteiger partial charge in [0.05, 0.1) is 23.9 Å². The third kappa shape index (κ3) is 1.69. The van der Waals surface area contributed by atoms with Gasteiger partial charge in [0.25, 0.3) is 11.8 Å². The number of carbonyl (C=O) groups is 2. The van der Waals surface area contributed by atoms with Gasteiger partial charge in [-0.3, -0.25) is 19.6 Å². The second kappa shape index (κ2) is 3.94. The van der Waals surface area contributed by atoms with Gasteiger partial charge in [-0.25, -0.2) is 0 Å². The molecule has 1 aromatic carbocycles. The Morgan fingerprint density at radius 3 is 2.68 bits per heavy atom. The van der Waals surface area contributed by atoms with Crippen LogP contribution in [0.15, 0.2) is 24.4 Å². The summed E-state index contributed by atoms with van der Waals surface area (Å²) in [5.74, 6) is -0.211. The SMILES string of the molecule is Cc1ccc2c(c1)C(=O)N(Cc1cn[nH]c1N)C2=O. The van der Waals surface area contributed by atoms with Gasteiger partial charge in [0.1, 0.15) is 5.82 Å². The number of nitrogens with one attached hydrogen (secondary N) is 1. The Labute approximate surface area is 109 Å². The summed E-state index contributed by atoms with van der Waals surface area (Å²) in [7, 11) is 0. The molecule has 0 saturated carbocycles. The van der Waals surface area contributed by atoms with Gasteiger partial charge in [-0.05, 0) is 19.1 Å². The summed E-state index contributed by atoms with van der Waals surface area (Å²) in [6.45, 7) is 2.02. The molecule has 96 valence electrons. The number of fused-ring (bicyclic) bond motifs is 1. The molecule has 0 atom stereocenters. The van der Waals surface area contributed by atoms with Gasteiger partial charge >= 0.3 is 0 Å². The van der Waals surface area contributed by atoms with Crippen LogP contribution in [0.5, 0.6) is 0 Å². The number of nitrogen functional groups attached to an aromatic ring is 1. The van der Waals surface area contributed by atoms with Crippen molar-refractivity contribution in [3.63, 3.8) is 0 Å². The van der Waals surface area contributed by atoms with Crippen LogP contribution in [0.3, 0.4) is 0 Å². The van der Waals surface area contributed by atoms with E-state index >= 15 is 0 Å². The minimum absolute atomic E-state index is 0.133. The molecule has 0 saturated heterocycles. The third-order valence-electron chi connectivity index (χ3n) is 3.21. The molecule has 19 heavy (non-hydrogen) atoms. The smallest absolute Gasteiger partial charge is 0.261 e. The van der Waals surface area contributed by atoms with Gasteiger partial charge in [-0.15, -0.1) is 0 Å². The first kappa shape index (κ1) is 11.5. The van der Waals surface area contributed by atoms with Gasteiger partial charge in [0.2, 0.25) is 0 Å². The number of aromatic nitrogens is 2. The molecule has 1 aliphatic rings. The van der Waals surface area contributed by atoms with Crippen molar-refractivity contribution >= 4 is 17.6 Å². The summed E-state index contributed by atoms with van der Waals surface area (Å²) in [6.07, 6.45) is 1.52. The van der Waals surface area contributed by atoms with Crippen LogP contribution in [-0.4, -0.2) is 26.9 Å². The van der Waals surface area contributed by atoms with Crippen molar-refractivity contribution in [2.45, 2.75) is 13.5 Å². The van der Waals surface area contributed by atoms with E-state index in [1.807, 2.05) is 13.0 Å². The standard InChI is InChI=1S/C13H12N4O2/c1-7-2-3-9-10(4-7)13(19)17(12(9)18)6-8-5-15-16-11(8)14/h2-5H,6H2,1H3,(H3,14,15,16). The number of aryl methyl sites for hydroxylation is 1. The lowest BCUT2D eigenvalue weighted by molar-refractivity contribution is 0.0642. The third-order valence-corrected chi connectivity index (χ3v) is 3.21. The Bertz CT molecular complexity index is 690. The number of hydrogen-bond donors (Lipinski definition) is 2. The predicted octanol–water partition coefficient (Wildman–Crippen LogP) is 1.10. The summed E-state index contributed by atoms with van der Waals surface area (Å²) >= 11 is 0. The van der Waals surface area contributed by atoms with E-state index in [0.717, 1.165) is 5.56 Å². The van der Waals surface area contributed by atoms with E-state index < -0.39 is 0 Å². The molecule has 3 rings (SSSR count). The molecule has 0 bridgehead atoms. The molecule has 3 N–H and O–H groups in total. The summed E-state index contributed by atoms with van der Waals surface area (Å²) in [6, 6.07) is 5.23. The maximum absolute atomic E-state index is 12.2. The Balaban J connectivity index is 1.97. The summed E-state index contributed by atoms with van der Waals surface area (Å²) in [5.41, 5.74) is 8.14. The highest BCUT2D eigenvalue weighted by Gasteiger charge is 2.35. The van der Waals surface area contributed by atoms with Crippen LogP contribution in [0, 0.1) is 6.92 Å². The van der Waals surface area contributed by atoms with Gasteiger partial charge in [0, 0.05) is 5.56 Å². The van der Waals surface area contributed by atoms with Crippen LogP contribution in [0.1, 0.15) is 31.8 Å². The van der Waals surface area contributed by atoms with Crippen molar-refractivity contribution < 1.29 is 9.59 Å². The predicted molar refractivity (Wildman–Crippen MR) is 68.4 cm³/mol. The van der Waals surface area contributed by atoms with Crippen LogP contribution < -0.4 is 5.73 Å². The highest BCUT2D eigenvalue weighted by Crippen LogP contribution is 2.26. The van der Waals surface area contributed by atoms with Gasteiger partial charge < -0.3 is 5.73 Å². The van der Waals surface area contributed by atoms with Crippen molar-refractivity contribution in [2.75, 3.05) is 5.73 Å². The largest absolute Gasteiger partial charge is 0.384 e. The fraction of sp³-hybridized carbons (Fsp3) is 0.154. The molecule has 0 spiro atoms. The van der Waals surface area contributed by atoms with Crippen LogP contribution in [0.2, 0.25) is 0 Å². The zero-order chi connectivity index (χ0) is 13.6. The Morgan fingerprint density at radius 1 is 1.26 bits per heavy atom. The summed E-state index contributed by atoms with van der Waals surface area (Å²) in [4.78, 5) is 25.6. The zero-order valence-corrected chi connectivity index (χ0v) is 10.3. The maximum atomic E-state index is 12.2. The second-order valence-corrected chi connectivity index (χ2v) is 4.55. The molecule has 0 fully saturated rings. The Hall–Kier alpha value is -2.63. The van der Waals surface area contributed by atoms with E-state index in [1.165, 1.54) is 11.1 Å². The van der Waals surface area contributed by atoms with Crippen molar-refractivity contribution in [1.29, 1.82) is 0 Å². The fourth-order valence-corrected chi connectivity index (χ4v) is 2.17. The van der Waals surface area contributed by atoms with E-state index in [0.29, 0.717) is 22.5 Å². The number of benzene rings is 1. The number of aromatic amines is 1. The number of H-pyrrole nitrogens is 1. The van der Waals surface area contributed by atoms with E-state index in [2.05, 4.69) is 10.2 Å². The first-order chi connectivity index (χ1) is 9.08. The van der Waals surface area contributed by atoms with Crippen LogP contribution >= 0.6 is 0 Å². The molecule has 2 aromatic rings. The number of rotatable bonds is 2. The molecular weight excluding hydrogens is 244 g/mol. The maximum Gasteiger partial charge on any atom is 0.261 e. The lowest BCUT2D eigenvalue weighted by Gasteiger charge is -2.12. The van der Waals surface area contributed by atoms with Gasteiger partial charge in [-0.2, -0.15) is 5.10 Å². The number of amides is 2. The molecule has 2 amide bonds. The highest BCUT2D eigenvalue weighted by atomic mass is 16.2. The number of carbonyl (C=O) groups excluding carboxylic acids is 2. The van der Waals surface area contributed by atoms with E-state index in [1.54, 1.807) is 12.1 Å². The Kier molecular flexibility index (Phi) is 2.38. The molecule has 6 heteroatoms. The van der Waals surface area contributed by atoms with Gasteiger partial charge in [-0.1, -0.05) is 11.6 Å². The molecule has 1 aromatic heterocycles. The number of hydrogen-bond acceptors (Lipinski definition) is 4. The average molecular weight is 256 g/mol. The molecule has 0 aliphatic carbocycles. The lowest BCUT2D eigenvalue weighted by Crippen LogP contribution is -2.29. The Morgan fingerprint density at radius 2 is 2.00 bits per heavy atom. The van der Waals surface area contributed by atoms with Crippen molar-refractivity contribution in [2.24, 2.45) is 0 Å². The molecule has 0 unspecified atom stereocenters. The van der Waals surface area contributed by atoms with Crippen LogP contribution in [0.4, 0.5) is 5.82 Å². The normalized spacial score (nSPS) is 14.1. The first-order valence-electron chi connectivity index (χ1n) is 5.82. The van der Waals surface area contributed by atoms with Crippen LogP contribution in [-0.2, 0) is 6.54 Å². The molecule has 2 heterocycles. The lowest BCUT2D eigenvalue weighted by atomic mass is 10.1. The summed E-state index contributed by atoms with van der Waals surface area (Å²) < 4.78 is 0. The number of nitrogens with zero attached hydrogens (tertiary/aromatic N) is 2. The quantitative estimate of drug-likeness (QED) is 0.787. The molecule has 0 radical (unpaired) electrons. The monoisotopic (exact) mass is 256 g/mol. The van der Waals surface area contributed by atoms with Crippen molar-refractivity contribution in [1.82, 2.24) is 15.1 Å². The van der Waals surface area contributed by atoms with Crippen LogP contribution in [0.25, 0.3) is 0 Å². The molecular formula is C13H12N4O2. The highest BCUT2D eigenvalue weighted by molar-refractivity contribution is 6.21. The first-order valence-corrected chi connectivity index (χ1v) is 5.82. The summed E-state index contributed by atoms with van der Waals surface area (Å²) in [5, 5.41) is 6.36. The minimum Gasteiger partial charge on any atom is -0.384 e. The van der Waals surface area contributed by atoms with E-state index in [9.17, 15) is 9.59 Å². The number of imide groups is 1. The second-order valence-electron chi connectivity index (χ2n) is 4.55.